The summed E-state index contributed by atoms with van der Waals surface area (Å²) in [5, 5.41) is 3.62. The number of H-pyrrole nitrogens is 1. The zero-order chi connectivity index (χ0) is 16.2. The fraction of sp³-hybridized carbons (Fsp3) is 0.125. The molecule has 0 bridgehead atoms. The van der Waals surface area contributed by atoms with Crippen LogP contribution in [0.2, 0.25) is 0 Å². The molecule has 3 heterocycles. The van der Waals surface area contributed by atoms with Crippen molar-refractivity contribution in [2.45, 2.75) is 13.5 Å². The van der Waals surface area contributed by atoms with Crippen LogP contribution < -0.4 is 10.9 Å². The monoisotopic (exact) mass is 326 g/mol. The lowest BCUT2D eigenvalue weighted by atomic mass is 10.2. The van der Waals surface area contributed by atoms with Crippen LogP contribution in [0.15, 0.2) is 47.7 Å². The lowest BCUT2D eigenvalue weighted by molar-refractivity contribution is 0.0949. The molecule has 0 atom stereocenters. The van der Waals surface area contributed by atoms with Crippen molar-refractivity contribution >= 4 is 17.2 Å². The molecule has 0 saturated carbocycles. The topological polar surface area (TPSA) is 87.7 Å². The number of amides is 1. The van der Waals surface area contributed by atoms with Crippen molar-refractivity contribution in [3.8, 4) is 10.6 Å². The lowest BCUT2D eigenvalue weighted by Crippen LogP contribution is -2.28. The molecule has 6 nitrogen and oxygen atoms in total. The van der Waals surface area contributed by atoms with Gasteiger partial charge in [0.15, 0.2) is 0 Å². The Bertz CT molecular complexity index is 886. The highest BCUT2D eigenvalue weighted by atomic mass is 32.1. The molecular weight excluding hydrogens is 312 g/mol. The minimum Gasteiger partial charge on any atom is -0.347 e. The first kappa shape index (κ1) is 15.1. The highest BCUT2D eigenvalue weighted by molar-refractivity contribution is 7.15. The van der Waals surface area contributed by atoms with Gasteiger partial charge in [-0.2, -0.15) is 0 Å². The summed E-state index contributed by atoms with van der Waals surface area (Å²) in [6.45, 7) is 2.23. The van der Waals surface area contributed by atoms with E-state index in [1.807, 2.05) is 19.1 Å². The summed E-state index contributed by atoms with van der Waals surface area (Å²) in [6.07, 6.45) is 4.96. The summed E-state index contributed by atoms with van der Waals surface area (Å²) in [5.74, 6) is -0.400. The third-order valence-corrected chi connectivity index (χ3v) is 4.48. The zero-order valence-electron chi connectivity index (χ0n) is 12.4. The summed E-state index contributed by atoms with van der Waals surface area (Å²) in [4.78, 5) is 35.7. The predicted molar refractivity (Wildman–Crippen MR) is 88.3 cm³/mol. The number of hydrogen-bond acceptors (Lipinski definition) is 5. The van der Waals surface area contributed by atoms with Crippen molar-refractivity contribution in [3.63, 3.8) is 0 Å². The van der Waals surface area contributed by atoms with Crippen LogP contribution in [0.25, 0.3) is 10.6 Å². The summed E-state index contributed by atoms with van der Waals surface area (Å²) in [6, 6.07) is 6.91. The molecule has 0 unspecified atom stereocenters. The van der Waals surface area contributed by atoms with E-state index in [0.717, 1.165) is 21.1 Å². The largest absolute Gasteiger partial charge is 0.347 e. The van der Waals surface area contributed by atoms with Crippen LogP contribution in [0.3, 0.4) is 0 Å². The van der Waals surface area contributed by atoms with Gasteiger partial charge in [-0.1, -0.05) is 0 Å². The molecule has 0 aliphatic heterocycles. The van der Waals surface area contributed by atoms with Crippen LogP contribution in [0.5, 0.6) is 0 Å². The molecule has 3 aromatic rings. The van der Waals surface area contributed by atoms with Gasteiger partial charge >= 0.3 is 0 Å². The van der Waals surface area contributed by atoms with E-state index in [0.29, 0.717) is 6.54 Å². The maximum Gasteiger partial charge on any atom is 0.260 e. The molecule has 0 spiro atoms. The molecule has 0 aromatic carbocycles. The van der Waals surface area contributed by atoms with E-state index in [4.69, 9.17) is 0 Å². The molecule has 1 amide bonds. The van der Waals surface area contributed by atoms with Crippen molar-refractivity contribution in [3.05, 3.63) is 69.3 Å². The molecule has 0 fully saturated rings. The maximum atomic E-state index is 12.1. The second kappa shape index (κ2) is 6.53. The van der Waals surface area contributed by atoms with Crippen LogP contribution in [-0.4, -0.2) is 20.9 Å². The van der Waals surface area contributed by atoms with Crippen LogP contribution in [0, 0.1) is 6.92 Å². The fourth-order valence-electron chi connectivity index (χ4n) is 2.06. The number of pyridine rings is 2. The molecule has 0 aliphatic rings. The van der Waals surface area contributed by atoms with E-state index < -0.39 is 11.5 Å². The average molecular weight is 326 g/mol. The summed E-state index contributed by atoms with van der Waals surface area (Å²) >= 11 is 1.50. The van der Waals surface area contributed by atoms with Crippen molar-refractivity contribution in [2.24, 2.45) is 0 Å². The van der Waals surface area contributed by atoms with E-state index in [2.05, 4.69) is 20.3 Å². The highest BCUT2D eigenvalue weighted by Gasteiger charge is 2.13. The number of aromatic nitrogens is 3. The number of thiazole rings is 1. The maximum absolute atomic E-state index is 12.1. The van der Waals surface area contributed by atoms with Gasteiger partial charge in [0.1, 0.15) is 10.6 Å². The molecule has 0 aliphatic carbocycles. The van der Waals surface area contributed by atoms with Crippen molar-refractivity contribution in [2.75, 3.05) is 0 Å². The smallest absolute Gasteiger partial charge is 0.260 e. The summed E-state index contributed by atoms with van der Waals surface area (Å²) in [7, 11) is 0. The molecule has 0 radical (unpaired) electrons. The van der Waals surface area contributed by atoms with E-state index in [9.17, 15) is 9.59 Å². The van der Waals surface area contributed by atoms with Crippen molar-refractivity contribution in [1.29, 1.82) is 0 Å². The molecule has 3 aromatic heterocycles. The predicted octanol–water partition coefficient (Wildman–Crippen LogP) is 2.13. The van der Waals surface area contributed by atoms with Gasteiger partial charge in [0, 0.05) is 29.0 Å². The van der Waals surface area contributed by atoms with Crippen LogP contribution in [0.4, 0.5) is 0 Å². The Morgan fingerprint density at radius 3 is 2.96 bits per heavy atom. The third-order valence-electron chi connectivity index (χ3n) is 3.27. The number of hydrogen-bond donors (Lipinski definition) is 2. The quantitative estimate of drug-likeness (QED) is 0.769. The second-order valence-electron chi connectivity index (χ2n) is 4.86. The van der Waals surface area contributed by atoms with Gasteiger partial charge in [-0.3, -0.25) is 14.6 Å². The van der Waals surface area contributed by atoms with E-state index in [1.165, 1.54) is 23.6 Å². The molecule has 7 heteroatoms. The van der Waals surface area contributed by atoms with Crippen LogP contribution in [-0.2, 0) is 6.54 Å². The van der Waals surface area contributed by atoms with E-state index in [-0.39, 0.29) is 5.56 Å². The van der Waals surface area contributed by atoms with Gasteiger partial charge in [-0.15, -0.1) is 11.3 Å². The molecule has 0 saturated heterocycles. The van der Waals surface area contributed by atoms with Crippen LogP contribution >= 0.6 is 11.3 Å². The minimum atomic E-state index is -0.401. The molecule has 3 rings (SSSR count). The first-order chi connectivity index (χ1) is 11.1. The van der Waals surface area contributed by atoms with Gasteiger partial charge in [0.05, 0.1) is 12.2 Å². The standard InChI is InChI=1S/C16H14N4O2S/c1-10-13(23-16(20-10)11-4-2-6-17-8-11)9-19-15(22)12-5-3-7-18-14(12)21/h2-8H,9H2,1H3,(H,18,21)(H,19,22). The number of aryl methyl sites for hydroxylation is 1. The number of nitrogens with one attached hydrogen (secondary N) is 2. The summed E-state index contributed by atoms with van der Waals surface area (Å²) in [5.41, 5.74) is 1.50. The second-order valence-corrected chi connectivity index (χ2v) is 5.95. The first-order valence-corrected chi connectivity index (χ1v) is 7.79. The average Bonchev–Trinajstić information content (AvgIpc) is 2.95. The Morgan fingerprint density at radius 2 is 2.22 bits per heavy atom. The van der Waals surface area contributed by atoms with Gasteiger partial charge in [-0.05, 0) is 31.2 Å². The highest BCUT2D eigenvalue weighted by Crippen LogP contribution is 2.27. The van der Waals surface area contributed by atoms with Gasteiger partial charge < -0.3 is 10.3 Å². The van der Waals surface area contributed by atoms with E-state index >= 15 is 0 Å². The fourth-order valence-corrected chi connectivity index (χ4v) is 3.05. The Hall–Kier alpha value is -2.80. The molecule has 2 N–H and O–H groups in total. The zero-order valence-corrected chi connectivity index (χ0v) is 13.2. The molecule has 23 heavy (non-hydrogen) atoms. The minimum absolute atomic E-state index is 0.0992. The van der Waals surface area contributed by atoms with Gasteiger partial charge in [0.25, 0.3) is 11.5 Å². The molecule has 116 valence electrons. The van der Waals surface area contributed by atoms with Crippen LogP contribution in [0.1, 0.15) is 20.9 Å². The Kier molecular flexibility index (Phi) is 4.29. The Labute approximate surface area is 136 Å². The van der Waals surface area contributed by atoms with Crippen molar-refractivity contribution in [1.82, 2.24) is 20.3 Å². The SMILES string of the molecule is Cc1nc(-c2cccnc2)sc1CNC(=O)c1ccc[nH]c1=O. The number of carbonyl (C=O) groups is 1. The van der Waals surface area contributed by atoms with Crippen molar-refractivity contribution < 1.29 is 4.79 Å². The van der Waals surface area contributed by atoms with E-state index in [1.54, 1.807) is 18.5 Å². The first-order valence-electron chi connectivity index (χ1n) is 6.98. The number of carbonyl (C=O) groups excluding carboxylic acids is 1. The number of aromatic amines is 1. The Morgan fingerprint density at radius 1 is 1.35 bits per heavy atom. The number of nitrogens with zero attached hydrogens (tertiary/aromatic N) is 2. The summed E-state index contributed by atoms with van der Waals surface area (Å²) < 4.78 is 0. The number of rotatable bonds is 4. The normalized spacial score (nSPS) is 10.5. The van der Waals surface area contributed by atoms with Gasteiger partial charge in [0.2, 0.25) is 0 Å². The lowest BCUT2D eigenvalue weighted by Gasteiger charge is -2.03. The van der Waals surface area contributed by atoms with Gasteiger partial charge in [-0.25, -0.2) is 4.98 Å². The molecular formula is C16H14N4O2S. The Balaban J connectivity index is 1.74. The third kappa shape index (κ3) is 3.35.